The summed E-state index contributed by atoms with van der Waals surface area (Å²) in [5.41, 5.74) is 2.21. The van der Waals surface area contributed by atoms with Gasteiger partial charge in [0, 0.05) is 38.8 Å². The molecule has 0 N–H and O–H groups in total. The Bertz CT molecular complexity index is 774. The molecule has 0 unspecified atom stereocenters. The highest BCUT2D eigenvalue weighted by molar-refractivity contribution is 7.80. The third-order valence-electron chi connectivity index (χ3n) is 4.84. The fourth-order valence-corrected chi connectivity index (χ4v) is 3.66. The molecule has 5 nitrogen and oxygen atoms in total. The molecule has 2 aromatic carbocycles. The molecule has 1 fully saturated rings. The minimum Gasteiger partial charge on any atom is -0.496 e. The molecule has 0 aromatic heterocycles. The van der Waals surface area contributed by atoms with Gasteiger partial charge in [-0.15, -0.1) is 0 Å². The van der Waals surface area contributed by atoms with Crippen LogP contribution < -0.4 is 14.2 Å². The van der Waals surface area contributed by atoms with Crippen LogP contribution in [0.4, 0.5) is 0 Å². The van der Waals surface area contributed by atoms with E-state index in [2.05, 4.69) is 40.1 Å². The Balaban J connectivity index is 1.68. The van der Waals surface area contributed by atoms with E-state index in [9.17, 15) is 0 Å². The van der Waals surface area contributed by atoms with E-state index in [1.165, 1.54) is 5.56 Å². The molecule has 27 heavy (non-hydrogen) atoms. The summed E-state index contributed by atoms with van der Waals surface area (Å²) in [7, 11) is 4.88. The van der Waals surface area contributed by atoms with Crippen molar-refractivity contribution in [3.8, 4) is 17.2 Å². The molecule has 144 valence electrons. The molecule has 0 amide bonds. The number of thiocarbonyl (C=S) groups is 1. The van der Waals surface area contributed by atoms with Gasteiger partial charge in [-0.3, -0.25) is 4.90 Å². The number of hydrogen-bond acceptors (Lipinski definition) is 5. The van der Waals surface area contributed by atoms with Crippen LogP contribution in [0.1, 0.15) is 11.1 Å². The molecule has 0 spiro atoms. The van der Waals surface area contributed by atoms with Crippen molar-refractivity contribution in [1.82, 2.24) is 9.80 Å². The summed E-state index contributed by atoms with van der Waals surface area (Å²) in [6.45, 7) is 4.71. The van der Waals surface area contributed by atoms with E-state index in [0.717, 1.165) is 43.3 Å². The summed E-state index contributed by atoms with van der Waals surface area (Å²) in [5, 5.41) is 0. The molecule has 0 radical (unpaired) electrons. The van der Waals surface area contributed by atoms with E-state index in [4.69, 9.17) is 26.4 Å². The monoisotopic (exact) mass is 386 g/mol. The highest BCUT2D eigenvalue weighted by atomic mass is 32.1. The summed E-state index contributed by atoms with van der Waals surface area (Å²) in [6.07, 6.45) is 0. The second-order valence-corrected chi connectivity index (χ2v) is 6.85. The Hall–Kier alpha value is -2.31. The van der Waals surface area contributed by atoms with Crippen LogP contribution in [0.15, 0.2) is 42.5 Å². The van der Waals surface area contributed by atoms with Crippen molar-refractivity contribution in [3.63, 3.8) is 0 Å². The van der Waals surface area contributed by atoms with E-state index in [0.29, 0.717) is 17.2 Å². The van der Waals surface area contributed by atoms with Crippen LogP contribution in [-0.4, -0.2) is 62.3 Å². The first-order valence-corrected chi connectivity index (χ1v) is 9.42. The average molecular weight is 387 g/mol. The quantitative estimate of drug-likeness (QED) is 0.710. The van der Waals surface area contributed by atoms with Crippen molar-refractivity contribution < 1.29 is 14.2 Å². The Morgan fingerprint density at radius 2 is 1.44 bits per heavy atom. The number of hydrogen-bond donors (Lipinski definition) is 0. The molecule has 1 saturated heterocycles. The van der Waals surface area contributed by atoms with Crippen LogP contribution in [0.2, 0.25) is 0 Å². The highest BCUT2D eigenvalue weighted by Gasteiger charge is 2.23. The number of piperazine rings is 1. The van der Waals surface area contributed by atoms with Crippen LogP contribution in [0.25, 0.3) is 0 Å². The SMILES string of the molecule is COc1cc(OC)c(C(=S)N2CCN(Cc3ccccc3)CC2)cc1OC. The van der Waals surface area contributed by atoms with Crippen molar-refractivity contribution in [2.75, 3.05) is 47.5 Å². The fraction of sp³-hybridized carbons (Fsp3) is 0.381. The smallest absolute Gasteiger partial charge is 0.164 e. The maximum absolute atomic E-state index is 5.78. The molecule has 0 aliphatic carbocycles. The normalized spacial score (nSPS) is 14.7. The highest BCUT2D eigenvalue weighted by Crippen LogP contribution is 2.35. The van der Waals surface area contributed by atoms with E-state index >= 15 is 0 Å². The lowest BCUT2D eigenvalue weighted by molar-refractivity contribution is 0.177. The number of ether oxygens (including phenoxy) is 3. The minimum absolute atomic E-state index is 0.633. The Labute approximate surface area is 166 Å². The van der Waals surface area contributed by atoms with Gasteiger partial charge in [0.2, 0.25) is 0 Å². The molecule has 0 atom stereocenters. The van der Waals surface area contributed by atoms with E-state index in [1.54, 1.807) is 21.3 Å². The standard InChI is InChI=1S/C21H26N2O3S/c1-24-18-14-20(26-3)19(25-2)13-17(18)21(27)23-11-9-22(10-12-23)15-16-7-5-4-6-8-16/h4-8,13-14H,9-12,15H2,1-3H3. The lowest BCUT2D eigenvalue weighted by Crippen LogP contribution is -2.48. The van der Waals surface area contributed by atoms with Gasteiger partial charge >= 0.3 is 0 Å². The summed E-state index contributed by atoms with van der Waals surface area (Å²) in [6, 6.07) is 14.3. The topological polar surface area (TPSA) is 34.2 Å². The van der Waals surface area contributed by atoms with Crippen molar-refractivity contribution in [2.24, 2.45) is 0 Å². The zero-order chi connectivity index (χ0) is 19.2. The fourth-order valence-electron chi connectivity index (χ4n) is 3.32. The lowest BCUT2D eigenvalue weighted by atomic mass is 10.1. The van der Waals surface area contributed by atoms with Gasteiger partial charge in [0.15, 0.2) is 11.5 Å². The zero-order valence-electron chi connectivity index (χ0n) is 16.1. The predicted octanol–water partition coefficient (Wildman–Crippen LogP) is 3.21. The van der Waals surface area contributed by atoms with Gasteiger partial charge in [-0.1, -0.05) is 42.5 Å². The van der Waals surface area contributed by atoms with Gasteiger partial charge in [0.25, 0.3) is 0 Å². The van der Waals surface area contributed by atoms with Gasteiger partial charge in [0.1, 0.15) is 10.7 Å². The molecule has 1 aliphatic rings. The van der Waals surface area contributed by atoms with E-state index < -0.39 is 0 Å². The van der Waals surface area contributed by atoms with Crippen molar-refractivity contribution in [2.45, 2.75) is 6.54 Å². The van der Waals surface area contributed by atoms with E-state index in [1.807, 2.05) is 12.1 Å². The largest absolute Gasteiger partial charge is 0.496 e. The molecule has 0 bridgehead atoms. The van der Waals surface area contributed by atoms with Gasteiger partial charge in [-0.2, -0.15) is 0 Å². The van der Waals surface area contributed by atoms with Crippen molar-refractivity contribution in [3.05, 3.63) is 53.6 Å². The maximum Gasteiger partial charge on any atom is 0.164 e. The zero-order valence-corrected chi connectivity index (χ0v) is 16.9. The number of rotatable bonds is 6. The minimum atomic E-state index is 0.633. The van der Waals surface area contributed by atoms with Crippen molar-refractivity contribution in [1.29, 1.82) is 0 Å². The first-order chi connectivity index (χ1) is 13.2. The second kappa shape index (κ2) is 9.06. The summed E-state index contributed by atoms with van der Waals surface area (Å²) < 4.78 is 16.3. The Morgan fingerprint density at radius 3 is 2.04 bits per heavy atom. The number of benzene rings is 2. The second-order valence-electron chi connectivity index (χ2n) is 6.46. The number of nitrogens with zero attached hydrogens (tertiary/aromatic N) is 2. The van der Waals surface area contributed by atoms with Gasteiger partial charge in [-0.25, -0.2) is 0 Å². The Kier molecular flexibility index (Phi) is 6.53. The lowest BCUT2D eigenvalue weighted by Gasteiger charge is -2.36. The first-order valence-electron chi connectivity index (χ1n) is 9.01. The predicted molar refractivity (Wildman–Crippen MR) is 111 cm³/mol. The van der Waals surface area contributed by atoms with Gasteiger partial charge < -0.3 is 19.1 Å². The maximum atomic E-state index is 5.78. The van der Waals surface area contributed by atoms with Gasteiger partial charge in [-0.05, 0) is 11.6 Å². The Morgan fingerprint density at radius 1 is 0.852 bits per heavy atom. The molecular weight excluding hydrogens is 360 g/mol. The van der Waals surface area contributed by atoms with Crippen LogP contribution in [0, 0.1) is 0 Å². The van der Waals surface area contributed by atoms with Crippen LogP contribution in [0.3, 0.4) is 0 Å². The van der Waals surface area contributed by atoms with E-state index in [-0.39, 0.29) is 0 Å². The van der Waals surface area contributed by atoms with Crippen LogP contribution in [-0.2, 0) is 6.54 Å². The van der Waals surface area contributed by atoms with Crippen LogP contribution in [0.5, 0.6) is 17.2 Å². The molecule has 3 rings (SSSR count). The van der Waals surface area contributed by atoms with Crippen LogP contribution >= 0.6 is 12.2 Å². The molecule has 2 aromatic rings. The van der Waals surface area contributed by atoms with Gasteiger partial charge in [0.05, 0.1) is 26.9 Å². The third-order valence-corrected chi connectivity index (χ3v) is 5.32. The molecule has 1 aliphatic heterocycles. The first kappa shape index (κ1) is 19.5. The summed E-state index contributed by atoms with van der Waals surface area (Å²) in [4.78, 5) is 5.48. The van der Waals surface area contributed by atoms with Crippen molar-refractivity contribution >= 4 is 17.2 Å². The third kappa shape index (κ3) is 4.51. The molecule has 0 saturated carbocycles. The molecule has 1 heterocycles. The summed E-state index contributed by atoms with van der Waals surface area (Å²) in [5.74, 6) is 1.98. The molecule has 6 heteroatoms. The average Bonchev–Trinajstić information content (AvgIpc) is 2.73. The number of methoxy groups -OCH3 is 3. The summed E-state index contributed by atoms with van der Waals surface area (Å²) >= 11 is 5.78. The molecular formula is C21H26N2O3S.